The van der Waals surface area contributed by atoms with Gasteiger partial charge in [0.25, 0.3) is 0 Å². The maximum Gasteiger partial charge on any atom is 0.244 e. The van der Waals surface area contributed by atoms with E-state index in [1.54, 1.807) is 49.4 Å². The number of rotatable bonds is 9. The average molecular weight is 607 g/mol. The maximum atomic E-state index is 13.7. The molecule has 0 aliphatic rings. The van der Waals surface area contributed by atoms with Gasteiger partial charge in [-0.2, -0.15) is 0 Å². The minimum absolute atomic E-state index is 0.0641. The molecule has 7 nitrogen and oxygen atoms in total. The summed E-state index contributed by atoms with van der Waals surface area (Å²) in [7, 11) is -3.81. The van der Waals surface area contributed by atoms with Crippen LogP contribution in [0.2, 0.25) is 10.0 Å². The Hall–Kier alpha value is -1.81. The van der Waals surface area contributed by atoms with Gasteiger partial charge in [-0.15, -0.1) is 0 Å². The van der Waals surface area contributed by atoms with Crippen LogP contribution in [0, 0.1) is 0 Å². The van der Waals surface area contributed by atoms with E-state index in [-0.39, 0.29) is 12.5 Å². The Kier molecular flexibility index (Phi) is 10.0. The molecule has 0 saturated carbocycles. The lowest BCUT2D eigenvalue weighted by Gasteiger charge is -2.34. The molecule has 1 N–H and O–H groups in total. The van der Waals surface area contributed by atoms with Crippen LogP contribution in [0.25, 0.3) is 0 Å². The molecule has 0 unspecified atom stereocenters. The van der Waals surface area contributed by atoms with Crippen molar-refractivity contribution in [1.29, 1.82) is 0 Å². The van der Waals surface area contributed by atoms with Crippen LogP contribution in [0.4, 0.5) is 5.69 Å². The molecule has 0 bridgehead atoms. The minimum atomic E-state index is -3.81. The van der Waals surface area contributed by atoms with Crippen molar-refractivity contribution in [3.8, 4) is 0 Å². The molecule has 2 amide bonds. The highest BCUT2D eigenvalue weighted by atomic mass is 79.9. The third-order valence-corrected chi connectivity index (χ3v) is 7.45. The minimum Gasteiger partial charge on any atom is -0.350 e. The van der Waals surface area contributed by atoms with E-state index >= 15 is 0 Å². The molecule has 1 atom stereocenters. The summed E-state index contributed by atoms with van der Waals surface area (Å²) in [5.74, 6) is -0.920. The molecule has 2 rings (SSSR count). The largest absolute Gasteiger partial charge is 0.350 e. The Morgan fingerprint density at radius 1 is 1.06 bits per heavy atom. The zero-order valence-electron chi connectivity index (χ0n) is 20.3. The molecule has 0 aliphatic heterocycles. The van der Waals surface area contributed by atoms with Crippen LogP contribution in [0.3, 0.4) is 0 Å². The molecule has 0 heterocycles. The third-order valence-electron chi connectivity index (χ3n) is 5.07. The fourth-order valence-electron chi connectivity index (χ4n) is 3.45. The van der Waals surface area contributed by atoms with Crippen LogP contribution < -0.4 is 9.62 Å². The number of hydrogen-bond donors (Lipinski definition) is 1. The molecule has 0 saturated heterocycles. The number of nitrogens with zero attached hydrogens (tertiary/aromatic N) is 2. The second-order valence-electron chi connectivity index (χ2n) is 9.13. The van der Waals surface area contributed by atoms with E-state index < -0.39 is 34.1 Å². The van der Waals surface area contributed by atoms with E-state index in [9.17, 15) is 18.0 Å². The number of amides is 2. The smallest absolute Gasteiger partial charge is 0.244 e. The number of sulfonamides is 1. The number of nitrogens with one attached hydrogen (secondary N) is 1. The van der Waals surface area contributed by atoms with E-state index in [0.717, 1.165) is 15.0 Å². The van der Waals surface area contributed by atoms with Gasteiger partial charge in [-0.1, -0.05) is 52.1 Å². The van der Waals surface area contributed by atoms with Gasteiger partial charge in [0, 0.05) is 32.2 Å². The van der Waals surface area contributed by atoms with Gasteiger partial charge < -0.3 is 10.2 Å². The summed E-state index contributed by atoms with van der Waals surface area (Å²) in [5, 5.41) is 3.59. The number of benzene rings is 2. The Balaban J connectivity index is 2.51. The monoisotopic (exact) mass is 605 g/mol. The lowest BCUT2D eigenvalue weighted by Crippen LogP contribution is -2.55. The molecular weight excluding hydrogens is 577 g/mol. The van der Waals surface area contributed by atoms with Gasteiger partial charge in [0.1, 0.15) is 12.6 Å². The molecule has 0 radical (unpaired) electrons. The van der Waals surface area contributed by atoms with Gasteiger partial charge >= 0.3 is 0 Å². The lowest BCUT2D eigenvalue weighted by atomic mass is 10.1. The molecular formula is C24H30BrCl2N3O4S. The van der Waals surface area contributed by atoms with Gasteiger partial charge in [0.05, 0.1) is 11.9 Å². The molecule has 0 aliphatic carbocycles. The highest BCUT2D eigenvalue weighted by molar-refractivity contribution is 9.10. The zero-order chi connectivity index (χ0) is 26.6. The van der Waals surface area contributed by atoms with Crippen molar-refractivity contribution in [3.05, 3.63) is 62.5 Å². The number of halogens is 3. The van der Waals surface area contributed by atoms with E-state index in [4.69, 9.17) is 23.2 Å². The molecule has 0 spiro atoms. The fourth-order valence-corrected chi connectivity index (χ4v) is 5.08. The number of carbonyl (C=O) groups is 2. The van der Waals surface area contributed by atoms with Gasteiger partial charge in [0.15, 0.2) is 0 Å². The van der Waals surface area contributed by atoms with Crippen molar-refractivity contribution in [1.82, 2.24) is 10.2 Å². The second-order valence-corrected chi connectivity index (χ2v) is 12.8. The van der Waals surface area contributed by atoms with E-state index in [1.807, 2.05) is 20.8 Å². The number of hydrogen-bond acceptors (Lipinski definition) is 4. The molecule has 0 fully saturated rings. The quantitative estimate of drug-likeness (QED) is 0.423. The average Bonchev–Trinajstić information content (AvgIpc) is 2.72. The van der Waals surface area contributed by atoms with Gasteiger partial charge in [-0.05, 0) is 63.6 Å². The van der Waals surface area contributed by atoms with E-state index in [2.05, 4.69) is 21.2 Å². The molecule has 0 aromatic heterocycles. The molecule has 35 heavy (non-hydrogen) atoms. The van der Waals surface area contributed by atoms with Crippen LogP contribution in [-0.2, 0) is 26.2 Å². The van der Waals surface area contributed by atoms with Crippen molar-refractivity contribution < 1.29 is 18.0 Å². The first-order chi connectivity index (χ1) is 16.1. The Labute approximate surface area is 225 Å². The van der Waals surface area contributed by atoms with Gasteiger partial charge in [-0.25, -0.2) is 8.42 Å². The second kappa shape index (κ2) is 12.0. The molecule has 192 valence electrons. The summed E-state index contributed by atoms with van der Waals surface area (Å²) in [4.78, 5) is 28.2. The summed E-state index contributed by atoms with van der Waals surface area (Å²) in [6.07, 6.45) is 1.33. The van der Waals surface area contributed by atoms with Crippen LogP contribution in [0.15, 0.2) is 46.9 Å². The summed E-state index contributed by atoms with van der Waals surface area (Å²) >= 11 is 16.1. The van der Waals surface area contributed by atoms with Gasteiger partial charge in [-0.3, -0.25) is 13.9 Å². The normalized spacial score (nSPS) is 12.7. The van der Waals surface area contributed by atoms with Crippen LogP contribution in [0.1, 0.15) is 39.7 Å². The predicted molar refractivity (Wildman–Crippen MR) is 145 cm³/mol. The van der Waals surface area contributed by atoms with E-state index in [0.29, 0.717) is 27.7 Å². The van der Waals surface area contributed by atoms with Crippen LogP contribution >= 0.6 is 39.1 Å². The summed E-state index contributed by atoms with van der Waals surface area (Å²) in [6, 6.07) is 10.7. The van der Waals surface area contributed by atoms with Crippen molar-refractivity contribution in [2.24, 2.45) is 0 Å². The Morgan fingerprint density at radius 3 is 2.06 bits per heavy atom. The summed E-state index contributed by atoms with van der Waals surface area (Å²) in [6.45, 7) is 6.74. The van der Waals surface area contributed by atoms with Crippen molar-refractivity contribution in [2.75, 3.05) is 17.1 Å². The predicted octanol–water partition coefficient (Wildman–Crippen LogP) is 5.24. The van der Waals surface area contributed by atoms with Crippen molar-refractivity contribution >= 4 is 66.7 Å². The van der Waals surface area contributed by atoms with Crippen molar-refractivity contribution in [2.45, 2.75) is 52.2 Å². The lowest BCUT2D eigenvalue weighted by molar-refractivity contribution is -0.141. The fraction of sp³-hybridized carbons (Fsp3) is 0.417. The molecule has 11 heteroatoms. The van der Waals surface area contributed by atoms with Crippen molar-refractivity contribution in [3.63, 3.8) is 0 Å². The third kappa shape index (κ3) is 8.37. The first kappa shape index (κ1) is 29.4. The zero-order valence-corrected chi connectivity index (χ0v) is 24.2. The van der Waals surface area contributed by atoms with Crippen LogP contribution in [-0.4, -0.2) is 49.5 Å². The highest BCUT2D eigenvalue weighted by Crippen LogP contribution is 2.28. The summed E-state index contributed by atoms with van der Waals surface area (Å²) < 4.78 is 27.0. The topological polar surface area (TPSA) is 86.8 Å². The molecule has 2 aromatic carbocycles. The number of anilines is 1. The summed E-state index contributed by atoms with van der Waals surface area (Å²) in [5.41, 5.74) is 0.269. The number of carbonyl (C=O) groups excluding carboxylic acids is 2. The first-order valence-electron chi connectivity index (χ1n) is 10.9. The van der Waals surface area contributed by atoms with Gasteiger partial charge in [0.2, 0.25) is 21.8 Å². The van der Waals surface area contributed by atoms with E-state index in [1.165, 1.54) is 4.90 Å². The Bertz CT molecular complexity index is 1150. The SMILES string of the molecule is CC[C@@H](C(=O)NC(C)(C)C)N(Cc1c(Cl)cccc1Cl)C(=O)CN(c1ccc(Br)cc1)S(C)(=O)=O. The maximum absolute atomic E-state index is 13.7. The van der Waals surface area contributed by atoms with Crippen LogP contribution in [0.5, 0.6) is 0 Å². The Morgan fingerprint density at radius 2 is 1.60 bits per heavy atom. The standard InChI is InChI=1S/C24H30BrCl2N3O4S/c1-6-21(23(32)28-24(2,3)4)29(14-18-19(26)8-7-9-20(18)27)22(31)15-30(35(5,33)34)17-12-10-16(25)11-13-17/h7-13,21H,6,14-15H2,1-5H3,(H,28,32)/t21-/m0/s1. The first-order valence-corrected chi connectivity index (χ1v) is 14.3. The molecule has 2 aromatic rings. The highest BCUT2D eigenvalue weighted by Gasteiger charge is 2.33.